The van der Waals surface area contributed by atoms with Gasteiger partial charge in [-0.2, -0.15) is 0 Å². The Bertz CT molecular complexity index is 296. The molecule has 0 saturated heterocycles. The van der Waals surface area contributed by atoms with Gasteiger partial charge in [-0.15, -0.1) is 0 Å². The predicted octanol–water partition coefficient (Wildman–Crippen LogP) is 1.58. The van der Waals surface area contributed by atoms with Crippen molar-refractivity contribution >= 4 is 5.91 Å². The van der Waals surface area contributed by atoms with Crippen LogP contribution in [0, 0.1) is 6.92 Å². The van der Waals surface area contributed by atoms with Gasteiger partial charge in [0.05, 0.1) is 12.1 Å². The lowest BCUT2D eigenvalue weighted by atomic mass is 10.3. The van der Waals surface area contributed by atoms with Crippen LogP contribution in [-0.4, -0.2) is 18.9 Å². The molecule has 0 atom stereocenters. The summed E-state index contributed by atoms with van der Waals surface area (Å²) in [6, 6.07) is 1.49. The summed E-state index contributed by atoms with van der Waals surface area (Å²) >= 11 is 0. The summed E-state index contributed by atoms with van der Waals surface area (Å²) in [4.78, 5) is 11.1. The molecule has 1 aromatic rings. The van der Waals surface area contributed by atoms with Gasteiger partial charge in [0.2, 0.25) is 0 Å². The second-order valence-corrected chi connectivity index (χ2v) is 2.55. The monoisotopic (exact) mass is 189 g/mol. The number of furan rings is 1. The minimum Gasteiger partial charge on any atom is -0.469 e. The van der Waals surface area contributed by atoms with E-state index in [1.165, 1.54) is 12.3 Å². The average molecular weight is 189 g/mol. The minimum atomic E-state index is -2.53. The lowest BCUT2D eigenvalue weighted by molar-refractivity contribution is 0.0891. The van der Waals surface area contributed by atoms with Crippen LogP contribution < -0.4 is 5.32 Å². The molecule has 0 spiro atoms. The molecule has 5 heteroatoms. The molecule has 0 fully saturated rings. The zero-order valence-corrected chi connectivity index (χ0v) is 7.01. The maximum Gasteiger partial charge on any atom is 0.255 e. The third-order valence-electron chi connectivity index (χ3n) is 1.41. The van der Waals surface area contributed by atoms with Crippen LogP contribution in [0.2, 0.25) is 0 Å². The van der Waals surface area contributed by atoms with Crippen molar-refractivity contribution in [2.45, 2.75) is 13.3 Å². The average Bonchev–Trinajstić information content (AvgIpc) is 2.47. The smallest absolute Gasteiger partial charge is 0.255 e. The van der Waals surface area contributed by atoms with Crippen LogP contribution in [0.15, 0.2) is 16.7 Å². The second kappa shape index (κ2) is 4.02. The van der Waals surface area contributed by atoms with Crippen LogP contribution in [0.5, 0.6) is 0 Å². The third kappa shape index (κ3) is 2.85. The molecule has 1 N–H and O–H groups in total. The lowest BCUT2D eigenvalue weighted by Gasteiger charge is -2.00. The largest absolute Gasteiger partial charge is 0.469 e. The van der Waals surface area contributed by atoms with E-state index >= 15 is 0 Å². The first-order valence-corrected chi connectivity index (χ1v) is 3.71. The Labute approximate surface area is 73.7 Å². The number of alkyl halides is 2. The van der Waals surface area contributed by atoms with E-state index in [1.54, 1.807) is 6.92 Å². The number of carbonyl (C=O) groups is 1. The van der Waals surface area contributed by atoms with E-state index in [1.807, 2.05) is 0 Å². The van der Waals surface area contributed by atoms with Crippen molar-refractivity contribution in [3.63, 3.8) is 0 Å². The number of hydrogen-bond acceptors (Lipinski definition) is 2. The number of aryl methyl sites for hydroxylation is 1. The fourth-order valence-electron chi connectivity index (χ4n) is 0.834. The van der Waals surface area contributed by atoms with Gasteiger partial charge in [-0.3, -0.25) is 4.79 Å². The van der Waals surface area contributed by atoms with Crippen molar-refractivity contribution in [2.24, 2.45) is 0 Å². The molecule has 1 heterocycles. The molecule has 1 amide bonds. The van der Waals surface area contributed by atoms with Crippen molar-refractivity contribution < 1.29 is 18.0 Å². The fraction of sp³-hybridized carbons (Fsp3) is 0.375. The minimum absolute atomic E-state index is 0.262. The Kier molecular flexibility index (Phi) is 3.00. The van der Waals surface area contributed by atoms with Crippen molar-refractivity contribution in [1.82, 2.24) is 5.32 Å². The number of nitrogens with one attached hydrogen (secondary N) is 1. The van der Waals surface area contributed by atoms with Gasteiger partial charge in [-0.05, 0) is 13.0 Å². The van der Waals surface area contributed by atoms with Crippen LogP contribution in [0.25, 0.3) is 0 Å². The number of rotatable bonds is 3. The zero-order chi connectivity index (χ0) is 9.84. The highest BCUT2D eigenvalue weighted by molar-refractivity contribution is 5.93. The van der Waals surface area contributed by atoms with Crippen LogP contribution in [-0.2, 0) is 0 Å². The van der Waals surface area contributed by atoms with Gasteiger partial charge in [0.25, 0.3) is 12.3 Å². The number of halogens is 2. The molecule has 0 radical (unpaired) electrons. The summed E-state index contributed by atoms with van der Waals surface area (Å²) in [5.41, 5.74) is 0.262. The van der Waals surface area contributed by atoms with Gasteiger partial charge in [0.15, 0.2) is 0 Å². The molecule has 0 aliphatic carbocycles. The molecule has 0 bridgehead atoms. The molecule has 0 aliphatic rings. The molecular formula is C8H9F2NO2. The molecular weight excluding hydrogens is 180 g/mol. The highest BCUT2D eigenvalue weighted by Crippen LogP contribution is 2.05. The predicted molar refractivity (Wildman–Crippen MR) is 41.8 cm³/mol. The standard InChI is InChI=1S/C8H9F2NO2/c1-5-2-6(4-13-5)8(12)11-3-7(9)10/h2,4,7H,3H2,1H3,(H,11,12). The molecule has 1 aromatic heterocycles. The van der Waals surface area contributed by atoms with E-state index in [-0.39, 0.29) is 5.56 Å². The number of carbonyl (C=O) groups excluding carboxylic acids is 1. The first kappa shape index (κ1) is 9.70. The van der Waals surface area contributed by atoms with Crippen molar-refractivity contribution in [3.05, 3.63) is 23.7 Å². The summed E-state index contributed by atoms with van der Waals surface area (Å²) < 4.78 is 28.2. The van der Waals surface area contributed by atoms with E-state index < -0.39 is 18.9 Å². The van der Waals surface area contributed by atoms with Gasteiger partial charge < -0.3 is 9.73 Å². The third-order valence-corrected chi connectivity index (χ3v) is 1.41. The summed E-state index contributed by atoms with van der Waals surface area (Å²) in [5, 5.41) is 2.06. The molecule has 0 aromatic carbocycles. The number of hydrogen-bond donors (Lipinski definition) is 1. The summed E-state index contributed by atoms with van der Waals surface area (Å²) in [6.07, 6.45) is -1.30. The Morgan fingerprint density at radius 3 is 2.85 bits per heavy atom. The van der Waals surface area contributed by atoms with Gasteiger partial charge in [-0.1, -0.05) is 0 Å². The first-order valence-electron chi connectivity index (χ1n) is 3.71. The van der Waals surface area contributed by atoms with Gasteiger partial charge in [-0.25, -0.2) is 8.78 Å². The first-order chi connectivity index (χ1) is 6.09. The van der Waals surface area contributed by atoms with E-state index in [0.717, 1.165) is 0 Å². The molecule has 1 rings (SSSR count). The Morgan fingerprint density at radius 1 is 1.69 bits per heavy atom. The molecule has 13 heavy (non-hydrogen) atoms. The van der Waals surface area contributed by atoms with E-state index in [9.17, 15) is 13.6 Å². The van der Waals surface area contributed by atoms with E-state index in [2.05, 4.69) is 5.32 Å². The molecule has 0 saturated carbocycles. The van der Waals surface area contributed by atoms with Crippen LogP contribution in [0.3, 0.4) is 0 Å². The van der Waals surface area contributed by atoms with Crippen LogP contribution in [0.1, 0.15) is 16.1 Å². The Balaban J connectivity index is 2.49. The number of amides is 1. The maximum atomic E-state index is 11.7. The van der Waals surface area contributed by atoms with Gasteiger partial charge in [0, 0.05) is 0 Å². The lowest BCUT2D eigenvalue weighted by Crippen LogP contribution is -2.28. The maximum absolute atomic E-state index is 11.7. The van der Waals surface area contributed by atoms with E-state index in [4.69, 9.17) is 4.42 Å². The summed E-state index contributed by atoms with van der Waals surface area (Å²) in [6.45, 7) is 1.03. The topological polar surface area (TPSA) is 42.2 Å². The second-order valence-electron chi connectivity index (χ2n) is 2.55. The van der Waals surface area contributed by atoms with Crippen LogP contribution in [0.4, 0.5) is 8.78 Å². The van der Waals surface area contributed by atoms with Crippen molar-refractivity contribution in [1.29, 1.82) is 0 Å². The highest BCUT2D eigenvalue weighted by atomic mass is 19.3. The normalized spacial score (nSPS) is 10.5. The van der Waals surface area contributed by atoms with Gasteiger partial charge >= 0.3 is 0 Å². The van der Waals surface area contributed by atoms with Gasteiger partial charge in [0.1, 0.15) is 12.0 Å². The molecule has 72 valence electrons. The van der Waals surface area contributed by atoms with Crippen LogP contribution >= 0.6 is 0 Å². The van der Waals surface area contributed by atoms with E-state index in [0.29, 0.717) is 5.76 Å². The van der Waals surface area contributed by atoms with Crippen molar-refractivity contribution in [2.75, 3.05) is 6.54 Å². The highest BCUT2D eigenvalue weighted by Gasteiger charge is 2.10. The summed E-state index contributed by atoms with van der Waals surface area (Å²) in [5.74, 6) is 0.0272. The SMILES string of the molecule is Cc1cc(C(=O)NCC(F)F)co1. The molecule has 3 nitrogen and oxygen atoms in total. The zero-order valence-electron chi connectivity index (χ0n) is 7.01. The Hall–Kier alpha value is -1.39. The fourth-order valence-corrected chi connectivity index (χ4v) is 0.834. The molecule has 0 aliphatic heterocycles. The summed E-state index contributed by atoms with van der Waals surface area (Å²) in [7, 11) is 0. The molecule has 0 unspecified atom stereocenters. The van der Waals surface area contributed by atoms with Crippen molar-refractivity contribution in [3.8, 4) is 0 Å². The quantitative estimate of drug-likeness (QED) is 0.784. The Morgan fingerprint density at radius 2 is 2.38 bits per heavy atom.